The van der Waals surface area contributed by atoms with E-state index in [0.29, 0.717) is 22.3 Å². The van der Waals surface area contributed by atoms with Crippen LogP contribution in [-0.2, 0) is 0 Å². The monoisotopic (exact) mass is 435 g/mol. The SMILES string of the molecule is S=C(Nc1cccc(Nc2nccc(-c3cccnc3)n2)c1)c1ccc2cccnc2n1. The second-order valence-corrected chi connectivity index (χ2v) is 7.32. The summed E-state index contributed by atoms with van der Waals surface area (Å²) in [6.45, 7) is 0. The molecule has 0 spiro atoms. The molecule has 5 rings (SSSR count). The van der Waals surface area contributed by atoms with Gasteiger partial charge in [0.2, 0.25) is 5.95 Å². The minimum atomic E-state index is 0.494. The van der Waals surface area contributed by atoms with Crippen LogP contribution in [-0.4, -0.2) is 29.9 Å². The number of hydrogen-bond donors (Lipinski definition) is 2. The molecular weight excluding hydrogens is 418 g/mol. The Balaban J connectivity index is 1.33. The van der Waals surface area contributed by atoms with Crippen LogP contribution >= 0.6 is 12.2 Å². The van der Waals surface area contributed by atoms with E-state index in [1.54, 1.807) is 24.8 Å². The van der Waals surface area contributed by atoms with E-state index in [9.17, 15) is 0 Å². The lowest BCUT2D eigenvalue weighted by atomic mass is 10.2. The van der Waals surface area contributed by atoms with E-state index in [1.165, 1.54) is 0 Å². The molecule has 0 amide bonds. The zero-order valence-corrected chi connectivity index (χ0v) is 17.6. The molecule has 8 heteroatoms. The van der Waals surface area contributed by atoms with Crippen LogP contribution in [0.25, 0.3) is 22.3 Å². The molecule has 0 atom stereocenters. The summed E-state index contributed by atoms with van der Waals surface area (Å²) in [7, 11) is 0. The lowest BCUT2D eigenvalue weighted by molar-refractivity contribution is 1.16. The Morgan fingerprint density at radius 3 is 2.59 bits per heavy atom. The van der Waals surface area contributed by atoms with E-state index in [1.807, 2.05) is 66.7 Å². The van der Waals surface area contributed by atoms with Gasteiger partial charge in [-0.3, -0.25) is 4.98 Å². The maximum absolute atomic E-state index is 5.56. The third kappa shape index (κ3) is 4.40. The molecule has 0 aliphatic carbocycles. The average molecular weight is 436 g/mol. The third-order valence-electron chi connectivity index (χ3n) is 4.69. The van der Waals surface area contributed by atoms with Gasteiger partial charge in [-0.25, -0.2) is 19.9 Å². The van der Waals surface area contributed by atoms with Crippen molar-refractivity contribution in [3.63, 3.8) is 0 Å². The van der Waals surface area contributed by atoms with Crippen molar-refractivity contribution in [2.24, 2.45) is 0 Å². The van der Waals surface area contributed by atoms with Gasteiger partial charge >= 0.3 is 0 Å². The standard InChI is InChI=1S/C24H17N7S/c32-23(21-9-8-16-4-3-12-26-22(16)30-21)28-18-6-1-7-19(14-18)29-24-27-13-10-20(31-24)17-5-2-11-25-15-17/h1-15H,(H,28,32)(H,27,29,31). The van der Waals surface area contributed by atoms with E-state index < -0.39 is 0 Å². The third-order valence-corrected chi connectivity index (χ3v) is 5.00. The molecule has 7 nitrogen and oxygen atoms in total. The van der Waals surface area contributed by atoms with Gasteiger partial charge in [0.1, 0.15) is 10.7 Å². The number of pyridine rings is 3. The highest BCUT2D eigenvalue weighted by atomic mass is 32.1. The Kier molecular flexibility index (Phi) is 5.42. The van der Waals surface area contributed by atoms with Gasteiger partial charge in [-0.1, -0.05) is 18.3 Å². The number of aromatic nitrogens is 5. The Labute approximate surface area is 189 Å². The number of nitrogens with zero attached hydrogens (tertiary/aromatic N) is 5. The Morgan fingerprint density at radius 2 is 1.69 bits per heavy atom. The van der Waals surface area contributed by atoms with E-state index >= 15 is 0 Å². The lowest BCUT2D eigenvalue weighted by Gasteiger charge is -2.11. The van der Waals surface area contributed by atoms with Crippen molar-refractivity contribution in [1.29, 1.82) is 0 Å². The summed E-state index contributed by atoms with van der Waals surface area (Å²) in [5.74, 6) is 0.494. The molecule has 1 aromatic carbocycles. The number of rotatable bonds is 5. The molecule has 2 N–H and O–H groups in total. The lowest BCUT2D eigenvalue weighted by Crippen LogP contribution is -2.12. The quantitative estimate of drug-likeness (QED) is 0.372. The maximum Gasteiger partial charge on any atom is 0.227 e. The molecule has 0 aliphatic heterocycles. The van der Waals surface area contributed by atoms with Gasteiger partial charge in [0, 0.05) is 47.1 Å². The molecule has 154 valence electrons. The second kappa shape index (κ2) is 8.83. The Morgan fingerprint density at radius 1 is 0.781 bits per heavy atom. The molecule has 0 radical (unpaired) electrons. The number of fused-ring (bicyclic) bond motifs is 1. The van der Waals surface area contributed by atoms with Gasteiger partial charge in [-0.2, -0.15) is 0 Å². The van der Waals surface area contributed by atoms with Crippen molar-refractivity contribution in [3.05, 3.63) is 97.2 Å². The van der Waals surface area contributed by atoms with E-state index in [4.69, 9.17) is 12.2 Å². The summed E-state index contributed by atoms with van der Waals surface area (Å²) >= 11 is 5.56. The van der Waals surface area contributed by atoms with Gasteiger partial charge in [0.05, 0.1) is 5.69 Å². The molecule has 5 aromatic rings. The maximum atomic E-state index is 5.56. The van der Waals surface area contributed by atoms with Crippen LogP contribution in [0.2, 0.25) is 0 Å². The molecule has 0 bridgehead atoms. The molecule has 0 saturated heterocycles. The molecular formula is C24H17N7S. The predicted molar refractivity (Wildman–Crippen MR) is 130 cm³/mol. The first-order valence-electron chi connectivity index (χ1n) is 9.88. The molecule has 4 aromatic heterocycles. The van der Waals surface area contributed by atoms with Crippen molar-refractivity contribution in [2.75, 3.05) is 10.6 Å². The number of nitrogens with one attached hydrogen (secondary N) is 2. The van der Waals surface area contributed by atoms with Gasteiger partial charge in [-0.15, -0.1) is 0 Å². The van der Waals surface area contributed by atoms with E-state index in [-0.39, 0.29) is 0 Å². The molecule has 0 unspecified atom stereocenters. The highest BCUT2D eigenvalue weighted by Gasteiger charge is 2.07. The number of thiocarbonyl (C=S) groups is 1. The fourth-order valence-electron chi connectivity index (χ4n) is 3.17. The zero-order chi connectivity index (χ0) is 21.8. The van der Waals surface area contributed by atoms with Crippen molar-refractivity contribution in [2.45, 2.75) is 0 Å². The molecule has 0 aliphatic rings. The predicted octanol–water partition coefficient (Wildman–Crippen LogP) is 5.01. The van der Waals surface area contributed by atoms with Gasteiger partial charge in [0.25, 0.3) is 0 Å². The zero-order valence-electron chi connectivity index (χ0n) is 16.8. The van der Waals surface area contributed by atoms with Gasteiger partial charge < -0.3 is 10.6 Å². The summed E-state index contributed by atoms with van der Waals surface area (Å²) < 4.78 is 0. The van der Waals surface area contributed by atoms with Crippen molar-refractivity contribution in [3.8, 4) is 11.3 Å². The number of hydrogen-bond acceptors (Lipinski definition) is 7. The molecule has 0 fully saturated rings. The van der Waals surface area contributed by atoms with E-state index in [0.717, 1.165) is 28.0 Å². The number of benzene rings is 1. The van der Waals surface area contributed by atoms with Gasteiger partial charge in [0.15, 0.2) is 5.65 Å². The molecule has 32 heavy (non-hydrogen) atoms. The first-order valence-corrected chi connectivity index (χ1v) is 10.3. The number of anilines is 3. The highest BCUT2D eigenvalue weighted by Crippen LogP contribution is 2.21. The van der Waals surface area contributed by atoms with Crippen LogP contribution in [0.5, 0.6) is 0 Å². The summed E-state index contributed by atoms with van der Waals surface area (Å²) in [5.41, 5.74) is 4.70. The Hall–Kier alpha value is -4.30. The summed E-state index contributed by atoms with van der Waals surface area (Å²) in [5, 5.41) is 7.45. The topological polar surface area (TPSA) is 88.5 Å². The van der Waals surface area contributed by atoms with Crippen molar-refractivity contribution in [1.82, 2.24) is 24.9 Å². The molecule has 0 saturated carbocycles. The van der Waals surface area contributed by atoms with Crippen molar-refractivity contribution < 1.29 is 0 Å². The van der Waals surface area contributed by atoms with Crippen LogP contribution < -0.4 is 10.6 Å². The summed E-state index contributed by atoms with van der Waals surface area (Å²) in [6, 6.07) is 21.1. The first-order chi connectivity index (χ1) is 15.7. The summed E-state index contributed by atoms with van der Waals surface area (Å²) in [6.07, 6.45) is 6.94. The summed E-state index contributed by atoms with van der Waals surface area (Å²) in [4.78, 5) is 22.4. The minimum absolute atomic E-state index is 0.494. The first kappa shape index (κ1) is 19.7. The van der Waals surface area contributed by atoms with E-state index in [2.05, 4.69) is 35.6 Å². The molecule has 4 heterocycles. The van der Waals surface area contributed by atoms with Crippen LogP contribution in [0.15, 0.2) is 91.5 Å². The fourth-order valence-corrected chi connectivity index (χ4v) is 3.40. The van der Waals surface area contributed by atoms with Gasteiger partial charge in [-0.05, 0) is 60.7 Å². The largest absolute Gasteiger partial charge is 0.345 e. The van der Waals surface area contributed by atoms with Crippen LogP contribution in [0.1, 0.15) is 5.69 Å². The minimum Gasteiger partial charge on any atom is -0.345 e. The normalized spacial score (nSPS) is 10.6. The smallest absolute Gasteiger partial charge is 0.227 e. The average Bonchev–Trinajstić information content (AvgIpc) is 2.85. The Bertz CT molecular complexity index is 1410. The van der Waals surface area contributed by atoms with Crippen LogP contribution in [0.4, 0.5) is 17.3 Å². The fraction of sp³-hybridized carbons (Fsp3) is 0. The highest BCUT2D eigenvalue weighted by molar-refractivity contribution is 7.81. The second-order valence-electron chi connectivity index (χ2n) is 6.91. The van der Waals surface area contributed by atoms with Crippen LogP contribution in [0.3, 0.4) is 0 Å². The van der Waals surface area contributed by atoms with Crippen molar-refractivity contribution >= 4 is 45.6 Å². The van der Waals surface area contributed by atoms with Crippen LogP contribution in [0, 0.1) is 0 Å².